The van der Waals surface area contributed by atoms with Crippen molar-refractivity contribution in [2.45, 2.75) is 0 Å². The van der Waals surface area contributed by atoms with Crippen LogP contribution in [0.4, 0.5) is 5.69 Å². The van der Waals surface area contributed by atoms with E-state index in [1.165, 1.54) is 6.07 Å². The van der Waals surface area contributed by atoms with E-state index in [9.17, 15) is 14.7 Å². The largest absolute Gasteiger partial charge is 0.478 e. The van der Waals surface area contributed by atoms with Gasteiger partial charge in [0.05, 0.1) is 11.3 Å². The van der Waals surface area contributed by atoms with Crippen LogP contribution in [-0.2, 0) is 0 Å². The summed E-state index contributed by atoms with van der Waals surface area (Å²) >= 11 is 8.25. The summed E-state index contributed by atoms with van der Waals surface area (Å²) < 4.78 is 0.634. The van der Waals surface area contributed by atoms with Crippen molar-refractivity contribution in [3.63, 3.8) is 0 Å². The number of anilines is 1. The van der Waals surface area contributed by atoms with Gasteiger partial charge in [0.1, 0.15) is 0 Å². The zero-order chi connectivity index (χ0) is 16.1. The van der Waals surface area contributed by atoms with Crippen LogP contribution in [0.1, 0.15) is 20.7 Å². The van der Waals surface area contributed by atoms with Crippen molar-refractivity contribution in [2.24, 2.45) is 0 Å². The first kappa shape index (κ1) is 16.1. The summed E-state index contributed by atoms with van der Waals surface area (Å²) in [6.07, 6.45) is 0. The highest BCUT2D eigenvalue weighted by Gasteiger charge is 2.13. The van der Waals surface area contributed by atoms with Crippen molar-refractivity contribution in [1.29, 1.82) is 0 Å². The molecule has 0 fully saturated rings. The number of hydrogen-bond donors (Lipinski definition) is 3. The maximum atomic E-state index is 12.0. The number of carbonyl (C=O) groups excluding carboxylic acids is 1. The first-order valence-corrected chi connectivity index (χ1v) is 7.37. The average Bonchev–Trinajstić information content (AvgIpc) is 2.49. The Hall–Kier alpha value is -2.25. The first-order chi connectivity index (χ1) is 10.5. The second kappa shape index (κ2) is 7.15. The molecule has 0 aliphatic rings. The van der Waals surface area contributed by atoms with E-state index in [4.69, 9.17) is 12.2 Å². The third kappa shape index (κ3) is 4.12. The van der Waals surface area contributed by atoms with Gasteiger partial charge in [0.2, 0.25) is 0 Å². The molecule has 2 rings (SSSR count). The van der Waals surface area contributed by atoms with Gasteiger partial charge in [-0.15, -0.1) is 0 Å². The quantitative estimate of drug-likeness (QED) is 0.714. The third-order valence-corrected chi connectivity index (χ3v) is 3.42. The molecule has 0 aliphatic heterocycles. The highest BCUT2D eigenvalue weighted by atomic mass is 79.9. The van der Waals surface area contributed by atoms with Crippen molar-refractivity contribution in [2.75, 3.05) is 5.32 Å². The van der Waals surface area contributed by atoms with Gasteiger partial charge in [-0.05, 0) is 42.5 Å². The average molecular weight is 379 g/mol. The van der Waals surface area contributed by atoms with Gasteiger partial charge in [-0.2, -0.15) is 0 Å². The summed E-state index contributed by atoms with van der Waals surface area (Å²) in [7, 11) is 0. The van der Waals surface area contributed by atoms with Crippen molar-refractivity contribution in [3.05, 3.63) is 64.1 Å². The monoisotopic (exact) mass is 378 g/mol. The van der Waals surface area contributed by atoms with E-state index in [0.717, 1.165) is 0 Å². The second-order valence-electron chi connectivity index (χ2n) is 4.27. The molecule has 0 saturated carbocycles. The Kier molecular flexibility index (Phi) is 5.24. The predicted octanol–water partition coefficient (Wildman–Crippen LogP) is 3.27. The molecule has 0 aliphatic carbocycles. The van der Waals surface area contributed by atoms with E-state index >= 15 is 0 Å². The summed E-state index contributed by atoms with van der Waals surface area (Å²) in [6, 6.07) is 13.3. The van der Waals surface area contributed by atoms with E-state index in [1.807, 2.05) is 0 Å². The fourth-order valence-corrected chi connectivity index (χ4v) is 2.28. The third-order valence-electron chi connectivity index (χ3n) is 2.72. The Morgan fingerprint density at radius 3 is 2.41 bits per heavy atom. The Balaban J connectivity index is 2.10. The van der Waals surface area contributed by atoms with Gasteiger partial charge >= 0.3 is 5.97 Å². The molecular weight excluding hydrogens is 368 g/mol. The van der Waals surface area contributed by atoms with E-state index < -0.39 is 5.97 Å². The van der Waals surface area contributed by atoms with Crippen LogP contribution < -0.4 is 10.6 Å². The van der Waals surface area contributed by atoms with Crippen LogP contribution in [0.15, 0.2) is 53.0 Å². The van der Waals surface area contributed by atoms with E-state index in [1.54, 1.807) is 42.5 Å². The summed E-state index contributed by atoms with van der Waals surface area (Å²) in [5.74, 6) is -1.46. The lowest BCUT2D eigenvalue weighted by atomic mass is 10.2. The number of carbonyl (C=O) groups is 2. The molecule has 0 atom stereocenters. The standard InChI is InChI=1S/C15H11BrN2O3S/c16-10-6-7-12(11(8-10)14(20)21)17-15(22)18-13(19)9-4-2-1-3-5-9/h1-8H,(H,20,21)(H2,17,18,19,22). The fourth-order valence-electron chi connectivity index (χ4n) is 1.72. The molecule has 0 radical (unpaired) electrons. The molecule has 1 amide bonds. The molecule has 3 N–H and O–H groups in total. The number of carboxylic acids is 1. The predicted molar refractivity (Wildman–Crippen MR) is 91.2 cm³/mol. The van der Waals surface area contributed by atoms with Gasteiger partial charge in [-0.25, -0.2) is 4.79 Å². The minimum absolute atomic E-state index is 0.0266. The molecule has 0 heterocycles. The van der Waals surface area contributed by atoms with Gasteiger partial charge in [0.25, 0.3) is 5.91 Å². The lowest BCUT2D eigenvalue weighted by Crippen LogP contribution is -2.34. The highest BCUT2D eigenvalue weighted by Crippen LogP contribution is 2.21. The molecule has 0 aromatic heterocycles. The van der Waals surface area contributed by atoms with Crippen LogP contribution in [0.3, 0.4) is 0 Å². The molecule has 0 bridgehead atoms. The molecular formula is C15H11BrN2O3S. The molecule has 2 aromatic carbocycles. The fraction of sp³-hybridized carbons (Fsp3) is 0. The normalized spacial score (nSPS) is 9.86. The Morgan fingerprint density at radius 1 is 1.09 bits per heavy atom. The number of aromatic carboxylic acids is 1. The molecule has 2 aromatic rings. The summed E-state index contributed by atoms with van der Waals surface area (Å²) in [5, 5.41) is 14.4. The number of hydrogen-bond acceptors (Lipinski definition) is 3. The van der Waals surface area contributed by atoms with Crippen LogP contribution in [0, 0.1) is 0 Å². The van der Waals surface area contributed by atoms with E-state index in [-0.39, 0.29) is 16.6 Å². The maximum Gasteiger partial charge on any atom is 0.337 e. The number of amides is 1. The lowest BCUT2D eigenvalue weighted by Gasteiger charge is -2.12. The van der Waals surface area contributed by atoms with Gasteiger partial charge in [-0.1, -0.05) is 34.1 Å². The first-order valence-electron chi connectivity index (χ1n) is 6.17. The smallest absolute Gasteiger partial charge is 0.337 e. The van der Waals surface area contributed by atoms with Crippen LogP contribution in [0.25, 0.3) is 0 Å². The summed E-state index contributed by atoms with van der Waals surface area (Å²) in [5.41, 5.74) is 0.806. The summed E-state index contributed by atoms with van der Waals surface area (Å²) in [4.78, 5) is 23.2. The number of halogens is 1. The zero-order valence-electron chi connectivity index (χ0n) is 11.2. The SMILES string of the molecule is O=C(NC(=S)Nc1ccc(Br)cc1C(=O)O)c1ccccc1. The molecule has 7 heteroatoms. The zero-order valence-corrected chi connectivity index (χ0v) is 13.6. The highest BCUT2D eigenvalue weighted by molar-refractivity contribution is 9.10. The molecule has 0 spiro atoms. The van der Waals surface area contributed by atoms with E-state index in [2.05, 4.69) is 26.6 Å². The summed E-state index contributed by atoms with van der Waals surface area (Å²) in [6.45, 7) is 0. The minimum atomic E-state index is -1.10. The number of thiocarbonyl (C=S) groups is 1. The number of benzene rings is 2. The number of carboxylic acid groups (broad SMARTS) is 1. The van der Waals surface area contributed by atoms with Gasteiger partial charge in [0, 0.05) is 10.0 Å². The number of nitrogens with one attached hydrogen (secondary N) is 2. The van der Waals surface area contributed by atoms with Crippen LogP contribution in [0.5, 0.6) is 0 Å². The topological polar surface area (TPSA) is 78.4 Å². The minimum Gasteiger partial charge on any atom is -0.478 e. The molecule has 0 saturated heterocycles. The van der Waals surface area contributed by atoms with Gasteiger partial charge < -0.3 is 10.4 Å². The van der Waals surface area contributed by atoms with Crippen molar-refractivity contribution in [1.82, 2.24) is 5.32 Å². The van der Waals surface area contributed by atoms with Crippen LogP contribution >= 0.6 is 28.1 Å². The lowest BCUT2D eigenvalue weighted by molar-refractivity contribution is 0.0697. The number of rotatable bonds is 3. The maximum absolute atomic E-state index is 12.0. The second-order valence-corrected chi connectivity index (χ2v) is 5.59. The van der Waals surface area contributed by atoms with E-state index in [0.29, 0.717) is 15.7 Å². The Morgan fingerprint density at radius 2 is 1.77 bits per heavy atom. The van der Waals surface area contributed by atoms with Gasteiger partial charge in [-0.3, -0.25) is 10.1 Å². The van der Waals surface area contributed by atoms with Gasteiger partial charge in [0.15, 0.2) is 5.11 Å². The molecule has 5 nitrogen and oxygen atoms in total. The Labute approximate surface area is 140 Å². The van der Waals surface area contributed by atoms with Crippen LogP contribution in [0.2, 0.25) is 0 Å². The van der Waals surface area contributed by atoms with Crippen molar-refractivity contribution in [3.8, 4) is 0 Å². The van der Waals surface area contributed by atoms with Crippen molar-refractivity contribution < 1.29 is 14.7 Å². The van der Waals surface area contributed by atoms with Crippen molar-refractivity contribution >= 4 is 50.8 Å². The molecule has 112 valence electrons. The van der Waals surface area contributed by atoms with Crippen LogP contribution in [-0.4, -0.2) is 22.1 Å². The molecule has 0 unspecified atom stereocenters. The molecule has 22 heavy (non-hydrogen) atoms. The Bertz CT molecular complexity index is 735.